The first-order valence-electron chi connectivity index (χ1n) is 4.86. The summed E-state index contributed by atoms with van der Waals surface area (Å²) >= 11 is 0. The fourth-order valence-corrected chi connectivity index (χ4v) is 1.55. The van der Waals surface area contributed by atoms with E-state index >= 15 is 0 Å². The van der Waals surface area contributed by atoms with Gasteiger partial charge in [-0.05, 0) is 24.6 Å². The molecule has 1 aromatic carbocycles. The third-order valence-electron chi connectivity index (χ3n) is 2.42. The molecule has 0 amide bonds. The highest BCUT2D eigenvalue weighted by Gasteiger charge is 2.08. The van der Waals surface area contributed by atoms with Crippen LogP contribution in [0.4, 0.5) is 0 Å². The second-order valence-electron chi connectivity index (χ2n) is 3.52. The maximum atomic E-state index is 5.79. The van der Waals surface area contributed by atoms with Gasteiger partial charge in [-0.25, -0.2) is 0 Å². The van der Waals surface area contributed by atoms with Gasteiger partial charge in [0.1, 0.15) is 11.3 Å². The molecule has 0 spiro atoms. The van der Waals surface area contributed by atoms with Crippen molar-refractivity contribution in [3.8, 4) is 0 Å². The Morgan fingerprint density at radius 2 is 2.29 bits per heavy atom. The largest absolute Gasteiger partial charge is 0.360 e. The van der Waals surface area contributed by atoms with Gasteiger partial charge in [0.05, 0.1) is 0 Å². The molecule has 2 rings (SSSR count). The Bertz CT molecular complexity index is 445. The van der Waals surface area contributed by atoms with Gasteiger partial charge in [0.2, 0.25) is 0 Å². The molecule has 14 heavy (non-hydrogen) atoms. The summed E-state index contributed by atoms with van der Waals surface area (Å²) in [6.07, 6.45) is 0.869. The Balaban J connectivity index is 2.57. The molecule has 2 N–H and O–H groups in total. The number of benzene rings is 1. The van der Waals surface area contributed by atoms with Crippen LogP contribution in [-0.4, -0.2) is 5.16 Å². The summed E-state index contributed by atoms with van der Waals surface area (Å²) in [7, 11) is 0. The monoisotopic (exact) mass is 190 g/mol. The van der Waals surface area contributed by atoms with Crippen molar-refractivity contribution in [3.63, 3.8) is 0 Å². The van der Waals surface area contributed by atoms with Gasteiger partial charge in [-0.1, -0.05) is 18.1 Å². The van der Waals surface area contributed by atoms with E-state index in [0.717, 1.165) is 28.6 Å². The number of nitrogens with zero attached hydrogens (tertiary/aromatic N) is 1. The molecule has 1 unspecified atom stereocenters. The summed E-state index contributed by atoms with van der Waals surface area (Å²) < 4.78 is 5.21. The lowest BCUT2D eigenvalue weighted by Gasteiger charge is -2.03. The van der Waals surface area contributed by atoms with E-state index in [9.17, 15) is 0 Å². The van der Waals surface area contributed by atoms with Crippen molar-refractivity contribution in [2.24, 2.45) is 5.73 Å². The topological polar surface area (TPSA) is 52.0 Å². The number of aromatic nitrogens is 1. The Hall–Kier alpha value is -1.35. The molecule has 0 saturated carbocycles. The van der Waals surface area contributed by atoms with E-state index in [1.165, 1.54) is 0 Å². The Morgan fingerprint density at radius 3 is 2.93 bits per heavy atom. The Kier molecular flexibility index (Phi) is 2.25. The van der Waals surface area contributed by atoms with E-state index in [0.29, 0.717) is 0 Å². The minimum Gasteiger partial charge on any atom is -0.360 e. The molecule has 0 aliphatic carbocycles. The van der Waals surface area contributed by atoms with Crippen molar-refractivity contribution < 1.29 is 4.52 Å². The zero-order chi connectivity index (χ0) is 10.1. The van der Waals surface area contributed by atoms with Crippen LogP contribution >= 0.6 is 0 Å². The van der Waals surface area contributed by atoms with Gasteiger partial charge in [-0.3, -0.25) is 0 Å². The highest BCUT2D eigenvalue weighted by molar-refractivity contribution is 5.81. The quantitative estimate of drug-likeness (QED) is 0.791. The van der Waals surface area contributed by atoms with Gasteiger partial charge in [0.15, 0.2) is 0 Å². The number of hydrogen-bond acceptors (Lipinski definition) is 3. The minimum absolute atomic E-state index is 0.0428. The van der Waals surface area contributed by atoms with Crippen LogP contribution < -0.4 is 5.73 Å². The molecule has 3 heteroatoms. The molecule has 0 radical (unpaired) electrons. The van der Waals surface area contributed by atoms with Gasteiger partial charge in [-0.2, -0.15) is 0 Å². The smallest absolute Gasteiger partial charge is 0.144 e. The number of aryl methyl sites for hydroxylation is 1. The van der Waals surface area contributed by atoms with Crippen molar-refractivity contribution in [2.75, 3.05) is 0 Å². The first-order chi connectivity index (χ1) is 6.72. The molecule has 1 atom stereocenters. The van der Waals surface area contributed by atoms with E-state index in [2.05, 4.69) is 12.1 Å². The van der Waals surface area contributed by atoms with E-state index in [1.54, 1.807) is 0 Å². The van der Waals surface area contributed by atoms with Crippen LogP contribution in [-0.2, 0) is 6.42 Å². The van der Waals surface area contributed by atoms with Crippen LogP contribution in [0.25, 0.3) is 10.9 Å². The van der Waals surface area contributed by atoms with Crippen LogP contribution in [0.1, 0.15) is 31.2 Å². The standard InChI is InChI=1S/C11H14N2O/c1-3-11-9-5-4-8(7(2)12)6-10(9)13-14-11/h4-7H,3,12H2,1-2H3. The molecule has 0 aliphatic rings. The number of fused-ring (bicyclic) bond motifs is 1. The normalized spacial score (nSPS) is 13.4. The SMILES string of the molecule is CCc1onc2cc(C(C)N)ccc12. The van der Waals surface area contributed by atoms with Crippen molar-refractivity contribution >= 4 is 10.9 Å². The van der Waals surface area contributed by atoms with E-state index < -0.39 is 0 Å². The third kappa shape index (κ3) is 1.40. The van der Waals surface area contributed by atoms with Crippen molar-refractivity contribution in [3.05, 3.63) is 29.5 Å². The lowest BCUT2D eigenvalue weighted by Crippen LogP contribution is -2.04. The highest BCUT2D eigenvalue weighted by atomic mass is 16.5. The Morgan fingerprint density at radius 1 is 1.50 bits per heavy atom. The second kappa shape index (κ2) is 3.42. The summed E-state index contributed by atoms with van der Waals surface area (Å²) in [5, 5.41) is 5.10. The van der Waals surface area contributed by atoms with E-state index in [4.69, 9.17) is 10.3 Å². The molecule has 74 valence electrons. The lowest BCUT2D eigenvalue weighted by atomic mass is 10.1. The number of nitrogens with two attached hydrogens (primary N) is 1. The maximum absolute atomic E-state index is 5.79. The van der Waals surface area contributed by atoms with Gasteiger partial charge >= 0.3 is 0 Å². The van der Waals surface area contributed by atoms with Crippen LogP contribution in [0.2, 0.25) is 0 Å². The minimum atomic E-state index is 0.0428. The van der Waals surface area contributed by atoms with Crippen LogP contribution in [0, 0.1) is 0 Å². The first kappa shape index (κ1) is 9.21. The van der Waals surface area contributed by atoms with Crippen LogP contribution in [0.15, 0.2) is 22.7 Å². The lowest BCUT2D eigenvalue weighted by molar-refractivity contribution is 0.394. The molecule has 0 aliphatic heterocycles. The molecule has 3 nitrogen and oxygen atoms in total. The maximum Gasteiger partial charge on any atom is 0.144 e. The summed E-state index contributed by atoms with van der Waals surface area (Å²) in [4.78, 5) is 0. The van der Waals surface area contributed by atoms with E-state index in [-0.39, 0.29) is 6.04 Å². The third-order valence-corrected chi connectivity index (χ3v) is 2.42. The van der Waals surface area contributed by atoms with Gasteiger partial charge < -0.3 is 10.3 Å². The zero-order valence-electron chi connectivity index (χ0n) is 8.45. The predicted octanol–water partition coefficient (Wildman–Crippen LogP) is 2.41. The second-order valence-corrected chi connectivity index (χ2v) is 3.52. The molecule has 0 bridgehead atoms. The zero-order valence-corrected chi connectivity index (χ0v) is 8.45. The van der Waals surface area contributed by atoms with Crippen molar-refractivity contribution in [2.45, 2.75) is 26.3 Å². The fraction of sp³-hybridized carbons (Fsp3) is 0.364. The highest BCUT2D eigenvalue weighted by Crippen LogP contribution is 2.22. The predicted molar refractivity (Wildman–Crippen MR) is 56.0 cm³/mol. The van der Waals surface area contributed by atoms with Gasteiger partial charge in [0.25, 0.3) is 0 Å². The molecular formula is C11H14N2O. The first-order valence-corrected chi connectivity index (χ1v) is 4.86. The molecule has 2 aromatic rings. The average molecular weight is 190 g/mol. The molecule has 0 saturated heterocycles. The summed E-state index contributed by atoms with van der Waals surface area (Å²) in [6, 6.07) is 6.09. The van der Waals surface area contributed by atoms with E-state index in [1.807, 2.05) is 25.1 Å². The van der Waals surface area contributed by atoms with Gasteiger partial charge in [-0.15, -0.1) is 0 Å². The number of hydrogen-bond donors (Lipinski definition) is 1. The summed E-state index contributed by atoms with van der Waals surface area (Å²) in [5.74, 6) is 0.941. The molecular weight excluding hydrogens is 176 g/mol. The average Bonchev–Trinajstić information content (AvgIpc) is 2.59. The van der Waals surface area contributed by atoms with Crippen LogP contribution in [0.3, 0.4) is 0 Å². The molecule has 1 heterocycles. The summed E-state index contributed by atoms with van der Waals surface area (Å²) in [6.45, 7) is 4.02. The van der Waals surface area contributed by atoms with Gasteiger partial charge in [0, 0.05) is 17.8 Å². The molecule has 0 fully saturated rings. The number of rotatable bonds is 2. The summed E-state index contributed by atoms with van der Waals surface area (Å²) in [5.41, 5.74) is 7.78. The Labute approximate surface area is 82.9 Å². The van der Waals surface area contributed by atoms with Crippen LogP contribution in [0.5, 0.6) is 0 Å². The molecule has 1 aromatic heterocycles. The van der Waals surface area contributed by atoms with Crippen molar-refractivity contribution in [1.82, 2.24) is 5.16 Å². The van der Waals surface area contributed by atoms with Crippen molar-refractivity contribution in [1.29, 1.82) is 0 Å². The fourth-order valence-electron chi connectivity index (χ4n) is 1.55.